The Morgan fingerprint density at radius 2 is 1.50 bits per heavy atom. The number of carbonyl (C=O) groups excluding carboxylic acids is 2. The third-order valence-corrected chi connectivity index (χ3v) is 3.21. The van der Waals surface area contributed by atoms with Gasteiger partial charge in [-0.2, -0.15) is 0 Å². The van der Waals surface area contributed by atoms with Crippen LogP contribution in [0.15, 0.2) is 60.7 Å². The number of amides is 1. The van der Waals surface area contributed by atoms with E-state index >= 15 is 0 Å². The first-order chi connectivity index (χ1) is 10.7. The summed E-state index contributed by atoms with van der Waals surface area (Å²) in [5.41, 5.74) is 1.15. The molecule has 0 saturated carbocycles. The maximum Gasteiger partial charge on any atom is 0.338 e. The molecule has 0 aliphatic carbocycles. The maximum atomic E-state index is 12.0. The van der Waals surface area contributed by atoms with Gasteiger partial charge in [-0.1, -0.05) is 36.4 Å². The van der Waals surface area contributed by atoms with Crippen molar-refractivity contribution in [3.63, 3.8) is 0 Å². The molecule has 1 atom stereocenters. The molecule has 0 aliphatic heterocycles. The minimum atomic E-state index is -0.345. The van der Waals surface area contributed by atoms with Gasteiger partial charge in [0.1, 0.15) is 0 Å². The predicted octanol–water partition coefficient (Wildman–Crippen LogP) is 3.05. The number of nitrogens with one attached hydrogen (secondary N) is 1. The van der Waals surface area contributed by atoms with Crippen molar-refractivity contribution in [3.8, 4) is 0 Å². The Balaban J connectivity index is 1.73. The molecule has 22 heavy (non-hydrogen) atoms. The van der Waals surface area contributed by atoms with Gasteiger partial charge in [0.05, 0.1) is 12.2 Å². The molecule has 2 rings (SSSR count). The van der Waals surface area contributed by atoms with Crippen molar-refractivity contribution < 1.29 is 14.3 Å². The van der Waals surface area contributed by atoms with Gasteiger partial charge >= 0.3 is 5.97 Å². The lowest BCUT2D eigenvalue weighted by atomic mass is 10.2. The third-order valence-electron chi connectivity index (χ3n) is 3.21. The highest BCUT2D eigenvalue weighted by atomic mass is 16.5. The molecule has 114 valence electrons. The van der Waals surface area contributed by atoms with E-state index in [1.54, 1.807) is 36.4 Å². The fourth-order valence-corrected chi connectivity index (χ4v) is 1.95. The molecule has 1 amide bonds. The van der Waals surface area contributed by atoms with Crippen LogP contribution in [0.2, 0.25) is 0 Å². The standard InChI is InChI=1S/C18H19NO3/c1-14(19-17(20)15-8-4-2-5-9-15)12-13-22-18(21)16-10-6-3-7-11-16/h2-11,14H,12-13H2,1H3,(H,19,20). The number of benzene rings is 2. The van der Waals surface area contributed by atoms with Crippen LogP contribution in [-0.2, 0) is 4.74 Å². The molecule has 0 aromatic heterocycles. The smallest absolute Gasteiger partial charge is 0.338 e. The van der Waals surface area contributed by atoms with E-state index in [-0.39, 0.29) is 24.5 Å². The third kappa shape index (κ3) is 4.74. The summed E-state index contributed by atoms with van der Waals surface area (Å²) in [6.07, 6.45) is 0.567. The lowest BCUT2D eigenvalue weighted by molar-refractivity contribution is 0.0491. The molecule has 0 saturated heterocycles. The molecule has 4 heteroatoms. The molecule has 2 aromatic carbocycles. The van der Waals surface area contributed by atoms with E-state index in [1.807, 2.05) is 31.2 Å². The van der Waals surface area contributed by atoms with Crippen LogP contribution in [0, 0.1) is 0 Å². The van der Waals surface area contributed by atoms with Gasteiger partial charge in [-0.3, -0.25) is 4.79 Å². The first-order valence-electron chi connectivity index (χ1n) is 7.25. The lowest BCUT2D eigenvalue weighted by Crippen LogP contribution is -2.33. The summed E-state index contributed by atoms with van der Waals surface area (Å²) in [4.78, 5) is 23.7. The summed E-state index contributed by atoms with van der Waals surface area (Å²) in [7, 11) is 0. The van der Waals surface area contributed by atoms with Gasteiger partial charge in [0, 0.05) is 18.0 Å². The van der Waals surface area contributed by atoms with Crippen molar-refractivity contribution >= 4 is 11.9 Å². The zero-order chi connectivity index (χ0) is 15.8. The Morgan fingerprint density at radius 3 is 2.09 bits per heavy atom. The van der Waals surface area contributed by atoms with E-state index in [1.165, 1.54) is 0 Å². The van der Waals surface area contributed by atoms with Crippen molar-refractivity contribution in [2.45, 2.75) is 19.4 Å². The highest BCUT2D eigenvalue weighted by molar-refractivity contribution is 5.94. The van der Waals surface area contributed by atoms with Crippen LogP contribution in [0.4, 0.5) is 0 Å². The number of rotatable bonds is 6. The summed E-state index contributed by atoms with van der Waals surface area (Å²) in [6, 6.07) is 17.8. The fraction of sp³-hybridized carbons (Fsp3) is 0.222. The topological polar surface area (TPSA) is 55.4 Å². The van der Waals surface area contributed by atoms with E-state index in [2.05, 4.69) is 5.32 Å². The van der Waals surface area contributed by atoms with Gasteiger partial charge < -0.3 is 10.1 Å². The first kappa shape index (κ1) is 15.8. The fourth-order valence-electron chi connectivity index (χ4n) is 1.95. The lowest BCUT2D eigenvalue weighted by Gasteiger charge is -2.14. The quantitative estimate of drug-likeness (QED) is 0.834. The number of esters is 1. The van der Waals surface area contributed by atoms with Gasteiger partial charge in [-0.25, -0.2) is 4.79 Å². The Hall–Kier alpha value is -2.62. The molecule has 1 unspecified atom stereocenters. The maximum absolute atomic E-state index is 12.0. The Labute approximate surface area is 130 Å². The molecule has 0 bridgehead atoms. The average Bonchev–Trinajstić information content (AvgIpc) is 2.56. The highest BCUT2D eigenvalue weighted by Crippen LogP contribution is 2.03. The largest absolute Gasteiger partial charge is 0.462 e. The van der Waals surface area contributed by atoms with Crippen molar-refractivity contribution in [3.05, 3.63) is 71.8 Å². The first-order valence-corrected chi connectivity index (χ1v) is 7.25. The summed E-state index contributed by atoms with van der Waals surface area (Å²) < 4.78 is 5.20. The second kappa shape index (κ2) is 7.98. The van der Waals surface area contributed by atoms with Crippen LogP contribution in [0.1, 0.15) is 34.1 Å². The summed E-state index contributed by atoms with van der Waals surface area (Å²) in [5, 5.41) is 2.88. The molecular formula is C18H19NO3. The zero-order valence-corrected chi connectivity index (χ0v) is 12.5. The van der Waals surface area contributed by atoms with Crippen LogP contribution in [0.25, 0.3) is 0 Å². The van der Waals surface area contributed by atoms with Gasteiger partial charge in [0.15, 0.2) is 0 Å². The molecular weight excluding hydrogens is 278 g/mol. The molecule has 0 aliphatic rings. The number of ether oxygens (including phenoxy) is 1. The van der Waals surface area contributed by atoms with E-state index < -0.39 is 0 Å². The normalized spacial score (nSPS) is 11.5. The molecule has 0 heterocycles. The van der Waals surface area contributed by atoms with Gasteiger partial charge in [0.25, 0.3) is 5.91 Å². The summed E-state index contributed by atoms with van der Waals surface area (Å²) >= 11 is 0. The average molecular weight is 297 g/mol. The monoisotopic (exact) mass is 297 g/mol. The van der Waals surface area contributed by atoms with E-state index in [0.29, 0.717) is 17.5 Å². The Bertz CT molecular complexity index is 611. The highest BCUT2D eigenvalue weighted by Gasteiger charge is 2.11. The van der Waals surface area contributed by atoms with E-state index in [0.717, 1.165) is 0 Å². The van der Waals surface area contributed by atoms with Crippen molar-refractivity contribution in [2.24, 2.45) is 0 Å². The van der Waals surface area contributed by atoms with Crippen LogP contribution in [-0.4, -0.2) is 24.5 Å². The minimum absolute atomic E-state index is 0.0729. The van der Waals surface area contributed by atoms with Crippen LogP contribution >= 0.6 is 0 Å². The van der Waals surface area contributed by atoms with E-state index in [9.17, 15) is 9.59 Å². The zero-order valence-electron chi connectivity index (χ0n) is 12.5. The Morgan fingerprint density at radius 1 is 0.955 bits per heavy atom. The second-order valence-corrected chi connectivity index (χ2v) is 5.03. The summed E-state index contributed by atoms with van der Waals surface area (Å²) in [5.74, 6) is -0.468. The molecule has 0 fully saturated rings. The van der Waals surface area contributed by atoms with Crippen molar-refractivity contribution in [2.75, 3.05) is 6.61 Å². The second-order valence-electron chi connectivity index (χ2n) is 5.03. The van der Waals surface area contributed by atoms with Crippen LogP contribution < -0.4 is 5.32 Å². The molecule has 0 spiro atoms. The van der Waals surface area contributed by atoms with Crippen LogP contribution in [0.5, 0.6) is 0 Å². The van der Waals surface area contributed by atoms with Gasteiger partial charge in [-0.05, 0) is 31.2 Å². The Kier molecular flexibility index (Phi) is 5.72. The molecule has 1 N–H and O–H groups in total. The van der Waals surface area contributed by atoms with Crippen molar-refractivity contribution in [1.82, 2.24) is 5.32 Å². The van der Waals surface area contributed by atoms with E-state index in [4.69, 9.17) is 4.74 Å². The molecule has 4 nitrogen and oxygen atoms in total. The van der Waals surface area contributed by atoms with Gasteiger partial charge in [0.2, 0.25) is 0 Å². The SMILES string of the molecule is CC(CCOC(=O)c1ccccc1)NC(=O)c1ccccc1. The van der Waals surface area contributed by atoms with Crippen molar-refractivity contribution in [1.29, 1.82) is 0 Å². The van der Waals surface area contributed by atoms with Crippen LogP contribution in [0.3, 0.4) is 0 Å². The molecule has 0 radical (unpaired) electrons. The minimum Gasteiger partial charge on any atom is -0.462 e. The molecule has 2 aromatic rings. The predicted molar refractivity (Wildman–Crippen MR) is 84.7 cm³/mol. The van der Waals surface area contributed by atoms with Gasteiger partial charge in [-0.15, -0.1) is 0 Å². The summed E-state index contributed by atoms with van der Waals surface area (Å²) in [6.45, 7) is 2.15. The number of carbonyl (C=O) groups is 2. The number of hydrogen-bond donors (Lipinski definition) is 1. The number of hydrogen-bond acceptors (Lipinski definition) is 3.